The summed E-state index contributed by atoms with van der Waals surface area (Å²) in [5.74, 6) is 0.470. The Bertz CT molecular complexity index is 422. The van der Waals surface area contributed by atoms with Crippen LogP contribution in [0, 0.1) is 0 Å². The van der Waals surface area contributed by atoms with E-state index in [2.05, 4.69) is 12.2 Å². The van der Waals surface area contributed by atoms with Crippen molar-refractivity contribution in [1.82, 2.24) is 5.32 Å². The second-order valence-electron chi connectivity index (χ2n) is 4.45. The van der Waals surface area contributed by atoms with Crippen LogP contribution >= 0.6 is 0 Å². The van der Waals surface area contributed by atoms with Gasteiger partial charge < -0.3 is 20.5 Å². The molecule has 5 heteroatoms. The number of nitrogens with one attached hydrogen (secondary N) is 1. The van der Waals surface area contributed by atoms with Gasteiger partial charge in [0.2, 0.25) is 0 Å². The van der Waals surface area contributed by atoms with E-state index in [9.17, 15) is 4.79 Å². The minimum atomic E-state index is -0.145. The molecule has 112 valence electrons. The standard InChI is InChI=1S/C15H24N2O3/c1-3-7-19-8-5-6-17-15(18)12-9-13(16)11-14(10-12)20-4-2/h9-11H,3-8,16H2,1-2H3,(H,17,18). The molecule has 0 aliphatic rings. The van der Waals surface area contributed by atoms with Crippen LogP contribution in [0.5, 0.6) is 5.75 Å². The lowest BCUT2D eigenvalue weighted by molar-refractivity contribution is 0.0941. The average molecular weight is 280 g/mol. The molecule has 0 fully saturated rings. The highest BCUT2D eigenvalue weighted by molar-refractivity contribution is 5.95. The van der Waals surface area contributed by atoms with Gasteiger partial charge in [0.15, 0.2) is 0 Å². The molecule has 0 aromatic heterocycles. The number of nitrogen functional groups attached to an aromatic ring is 1. The van der Waals surface area contributed by atoms with E-state index in [0.717, 1.165) is 19.4 Å². The molecule has 3 N–H and O–H groups in total. The Kier molecular flexibility index (Phi) is 7.50. The van der Waals surface area contributed by atoms with Crippen molar-refractivity contribution in [1.29, 1.82) is 0 Å². The highest BCUT2D eigenvalue weighted by Crippen LogP contribution is 2.18. The van der Waals surface area contributed by atoms with Gasteiger partial charge in [-0.15, -0.1) is 0 Å². The molecule has 0 saturated heterocycles. The SMILES string of the molecule is CCCOCCCNC(=O)c1cc(N)cc(OCC)c1. The van der Waals surface area contributed by atoms with Crippen molar-refractivity contribution < 1.29 is 14.3 Å². The minimum Gasteiger partial charge on any atom is -0.494 e. The van der Waals surface area contributed by atoms with Crippen LogP contribution in [0.1, 0.15) is 37.0 Å². The molecule has 0 saturated carbocycles. The second kappa shape index (κ2) is 9.20. The fourth-order valence-electron chi connectivity index (χ4n) is 1.73. The lowest BCUT2D eigenvalue weighted by atomic mass is 10.1. The summed E-state index contributed by atoms with van der Waals surface area (Å²) >= 11 is 0. The van der Waals surface area contributed by atoms with Crippen LogP contribution in [0.25, 0.3) is 0 Å². The van der Waals surface area contributed by atoms with Gasteiger partial charge in [0.1, 0.15) is 5.75 Å². The summed E-state index contributed by atoms with van der Waals surface area (Å²) in [6.45, 7) is 6.51. The summed E-state index contributed by atoms with van der Waals surface area (Å²) in [5.41, 5.74) is 6.79. The predicted molar refractivity (Wildman–Crippen MR) is 80.1 cm³/mol. The predicted octanol–water partition coefficient (Wildman–Crippen LogP) is 2.21. The Balaban J connectivity index is 2.42. The van der Waals surface area contributed by atoms with Crippen molar-refractivity contribution >= 4 is 11.6 Å². The normalized spacial score (nSPS) is 10.3. The summed E-state index contributed by atoms with van der Waals surface area (Å²) in [6, 6.07) is 5.05. The molecular formula is C15H24N2O3. The number of carbonyl (C=O) groups is 1. The first-order chi connectivity index (χ1) is 9.67. The van der Waals surface area contributed by atoms with Gasteiger partial charge in [0.25, 0.3) is 5.91 Å². The molecule has 0 unspecified atom stereocenters. The zero-order valence-electron chi connectivity index (χ0n) is 12.3. The van der Waals surface area contributed by atoms with Crippen molar-refractivity contribution in [3.05, 3.63) is 23.8 Å². The third-order valence-electron chi connectivity index (χ3n) is 2.60. The van der Waals surface area contributed by atoms with E-state index in [1.54, 1.807) is 18.2 Å². The summed E-state index contributed by atoms with van der Waals surface area (Å²) in [6.07, 6.45) is 1.81. The molecule has 0 spiro atoms. The zero-order valence-corrected chi connectivity index (χ0v) is 12.3. The van der Waals surface area contributed by atoms with Crippen LogP contribution in [-0.4, -0.2) is 32.3 Å². The summed E-state index contributed by atoms with van der Waals surface area (Å²) in [5, 5.41) is 2.84. The van der Waals surface area contributed by atoms with E-state index in [-0.39, 0.29) is 5.91 Å². The highest BCUT2D eigenvalue weighted by Gasteiger charge is 2.08. The lowest BCUT2D eigenvalue weighted by Gasteiger charge is -2.09. The number of rotatable bonds is 9. The van der Waals surface area contributed by atoms with Crippen molar-refractivity contribution in [2.75, 3.05) is 32.1 Å². The molecule has 5 nitrogen and oxygen atoms in total. The van der Waals surface area contributed by atoms with Gasteiger partial charge >= 0.3 is 0 Å². The molecule has 0 radical (unpaired) electrons. The largest absolute Gasteiger partial charge is 0.494 e. The van der Waals surface area contributed by atoms with Gasteiger partial charge in [-0.2, -0.15) is 0 Å². The Morgan fingerprint density at radius 2 is 2.05 bits per heavy atom. The molecule has 0 heterocycles. The summed E-state index contributed by atoms with van der Waals surface area (Å²) in [4.78, 5) is 12.0. The Morgan fingerprint density at radius 1 is 1.25 bits per heavy atom. The van der Waals surface area contributed by atoms with Crippen molar-refractivity contribution in [2.45, 2.75) is 26.7 Å². The number of carbonyl (C=O) groups excluding carboxylic acids is 1. The van der Waals surface area contributed by atoms with Crippen LogP contribution in [0.15, 0.2) is 18.2 Å². The molecule has 1 rings (SSSR count). The number of nitrogens with two attached hydrogens (primary N) is 1. The van der Waals surface area contributed by atoms with Crippen molar-refractivity contribution in [3.8, 4) is 5.75 Å². The number of hydrogen-bond donors (Lipinski definition) is 2. The van der Waals surface area contributed by atoms with Gasteiger partial charge in [-0.05, 0) is 31.9 Å². The van der Waals surface area contributed by atoms with Crippen LogP contribution in [0.4, 0.5) is 5.69 Å². The minimum absolute atomic E-state index is 0.145. The Labute approximate surface area is 120 Å². The van der Waals surface area contributed by atoms with Crippen LogP contribution < -0.4 is 15.8 Å². The summed E-state index contributed by atoms with van der Waals surface area (Å²) in [7, 11) is 0. The topological polar surface area (TPSA) is 73.6 Å². The molecule has 1 aromatic rings. The molecule has 0 bridgehead atoms. The molecular weight excluding hydrogens is 256 g/mol. The average Bonchev–Trinajstić information content (AvgIpc) is 2.42. The lowest BCUT2D eigenvalue weighted by Crippen LogP contribution is -2.25. The van der Waals surface area contributed by atoms with Crippen LogP contribution in [0.3, 0.4) is 0 Å². The highest BCUT2D eigenvalue weighted by atomic mass is 16.5. The molecule has 0 aliphatic heterocycles. The van der Waals surface area contributed by atoms with Gasteiger partial charge in [0.05, 0.1) is 6.61 Å². The molecule has 1 amide bonds. The fraction of sp³-hybridized carbons (Fsp3) is 0.533. The van der Waals surface area contributed by atoms with E-state index < -0.39 is 0 Å². The summed E-state index contributed by atoms with van der Waals surface area (Å²) < 4.78 is 10.7. The van der Waals surface area contributed by atoms with Gasteiger partial charge in [-0.3, -0.25) is 4.79 Å². The Morgan fingerprint density at radius 3 is 2.75 bits per heavy atom. The van der Waals surface area contributed by atoms with Crippen molar-refractivity contribution in [3.63, 3.8) is 0 Å². The smallest absolute Gasteiger partial charge is 0.251 e. The van der Waals surface area contributed by atoms with Gasteiger partial charge in [-0.25, -0.2) is 0 Å². The van der Waals surface area contributed by atoms with Crippen molar-refractivity contribution in [2.24, 2.45) is 0 Å². The fourth-order valence-corrected chi connectivity index (χ4v) is 1.73. The molecule has 1 aromatic carbocycles. The van der Waals surface area contributed by atoms with Crippen LogP contribution in [-0.2, 0) is 4.74 Å². The number of hydrogen-bond acceptors (Lipinski definition) is 4. The second-order valence-corrected chi connectivity index (χ2v) is 4.45. The van der Waals surface area contributed by atoms with Crippen LogP contribution in [0.2, 0.25) is 0 Å². The Hall–Kier alpha value is -1.75. The maximum Gasteiger partial charge on any atom is 0.251 e. The van der Waals surface area contributed by atoms with E-state index in [0.29, 0.717) is 36.8 Å². The maximum absolute atomic E-state index is 12.0. The van der Waals surface area contributed by atoms with E-state index >= 15 is 0 Å². The zero-order chi connectivity index (χ0) is 14.8. The number of ether oxygens (including phenoxy) is 2. The maximum atomic E-state index is 12.0. The third kappa shape index (κ3) is 5.93. The van der Waals surface area contributed by atoms with Gasteiger partial charge in [-0.1, -0.05) is 6.92 Å². The molecule has 0 aliphatic carbocycles. The number of benzene rings is 1. The molecule has 0 atom stereocenters. The monoisotopic (exact) mass is 280 g/mol. The first kappa shape index (κ1) is 16.3. The molecule has 20 heavy (non-hydrogen) atoms. The van der Waals surface area contributed by atoms with E-state index in [1.807, 2.05) is 6.92 Å². The van der Waals surface area contributed by atoms with E-state index in [1.165, 1.54) is 0 Å². The van der Waals surface area contributed by atoms with Gasteiger partial charge in [0, 0.05) is 37.1 Å². The quantitative estimate of drug-likeness (QED) is 0.537. The third-order valence-corrected chi connectivity index (χ3v) is 2.60. The number of amides is 1. The van der Waals surface area contributed by atoms with E-state index in [4.69, 9.17) is 15.2 Å². The first-order valence-electron chi connectivity index (χ1n) is 7.06. The number of anilines is 1. The first-order valence-corrected chi connectivity index (χ1v) is 7.06.